The van der Waals surface area contributed by atoms with E-state index in [0.717, 1.165) is 16.9 Å². The van der Waals surface area contributed by atoms with Crippen LogP contribution in [0.1, 0.15) is 20.9 Å². The molecule has 0 aromatic carbocycles. The Labute approximate surface area is 120 Å². The van der Waals surface area contributed by atoms with Crippen molar-refractivity contribution in [3.8, 4) is 0 Å². The highest BCUT2D eigenvalue weighted by Gasteiger charge is 2.23. The van der Waals surface area contributed by atoms with Gasteiger partial charge in [0.05, 0.1) is 12.2 Å². The highest BCUT2D eigenvalue weighted by molar-refractivity contribution is 7.89. The van der Waals surface area contributed by atoms with E-state index < -0.39 is 16.0 Å². The number of aryl methyl sites for hydroxylation is 1. The van der Waals surface area contributed by atoms with Gasteiger partial charge in [0.2, 0.25) is 10.0 Å². The van der Waals surface area contributed by atoms with Crippen LogP contribution in [-0.2, 0) is 16.6 Å². The maximum absolute atomic E-state index is 12.1. The summed E-state index contributed by atoms with van der Waals surface area (Å²) in [4.78, 5) is 14.6. The molecule has 0 aliphatic heterocycles. The Bertz CT molecular complexity index is 737. The van der Waals surface area contributed by atoms with Crippen LogP contribution in [0.4, 0.5) is 0 Å². The Kier molecular flexibility index (Phi) is 4.17. The molecule has 2 aromatic heterocycles. The average molecular weight is 312 g/mol. The molecule has 2 rings (SSSR count). The summed E-state index contributed by atoms with van der Waals surface area (Å²) in [6, 6.07) is 4.86. The van der Waals surface area contributed by atoms with Gasteiger partial charge in [-0.05, 0) is 30.0 Å². The second-order valence-corrected chi connectivity index (χ2v) is 6.66. The number of rotatable bonds is 5. The van der Waals surface area contributed by atoms with Gasteiger partial charge >= 0.3 is 5.97 Å². The van der Waals surface area contributed by atoms with Crippen molar-refractivity contribution in [2.75, 3.05) is 0 Å². The molecule has 0 saturated heterocycles. The molecule has 0 spiro atoms. The number of carboxylic acids is 1. The molecule has 0 aliphatic rings. The molecule has 0 radical (unpaired) electrons. The van der Waals surface area contributed by atoms with Crippen molar-refractivity contribution < 1.29 is 18.3 Å². The summed E-state index contributed by atoms with van der Waals surface area (Å²) in [5.74, 6) is -1.26. The van der Waals surface area contributed by atoms with Crippen LogP contribution in [0, 0.1) is 6.92 Å². The molecule has 0 atom stereocenters. The van der Waals surface area contributed by atoms with E-state index in [1.165, 1.54) is 11.4 Å². The topological polar surface area (TPSA) is 96.4 Å². The third-order valence-corrected chi connectivity index (χ3v) is 5.14. The summed E-state index contributed by atoms with van der Waals surface area (Å²) in [7, 11) is -3.87. The minimum Gasteiger partial charge on any atom is -0.477 e. The molecule has 2 N–H and O–H groups in total. The number of hydrogen-bond donors (Lipinski definition) is 2. The van der Waals surface area contributed by atoms with Crippen LogP contribution < -0.4 is 4.72 Å². The number of carbonyl (C=O) groups is 1. The molecule has 2 aromatic rings. The molecule has 8 heteroatoms. The van der Waals surface area contributed by atoms with Crippen molar-refractivity contribution in [1.29, 1.82) is 0 Å². The van der Waals surface area contributed by atoms with Gasteiger partial charge in [-0.1, -0.05) is 6.07 Å². The van der Waals surface area contributed by atoms with Crippen LogP contribution in [0.25, 0.3) is 0 Å². The molecule has 2 heterocycles. The minimum atomic E-state index is -3.87. The maximum Gasteiger partial charge on any atom is 0.347 e. The monoisotopic (exact) mass is 312 g/mol. The van der Waals surface area contributed by atoms with Crippen molar-refractivity contribution in [2.24, 2.45) is 0 Å². The van der Waals surface area contributed by atoms with E-state index in [2.05, 4.69) is 9.71 Å². The lowest BCUT2D eigenvalue weighted by molar-refractivity contribution is 0.0698. The number of hydrogen-bond acceptors (Lipinski definition) is 5. The number of nitrogens with one attached hydrogen (secondary N) is 1. The Hall–Kier alpha value is -1.77. The first-order valence-electron chi connectivity index (χ1n) is 5.63. The zero-order valence-electron chi connectivity index (χ0n) is 10.5. The first kappa shape index (κ1) is 14.6. The van der Waals surface area contributed by atoms with Crippen molar-refractivity contribution in [3.05, 3.63) is 45.9 Å². The van der Waals surface area contributed by atoms with Gasteiger partial charge in [0, 0.05) is 6.20 Å². The van der Waals surface area contributed by atoms with Gasteiger partial charge in [-0.25, -0.2) is 17.9 Å². The zero-order chi connectivity index (χ0) is 14.8. The normalized spacial score (nSPS) is 11.4. The summed E-state index contributed by atoms with van der Waals surface area (Å²) >= 11 is 0.875. The molecular weight excluding hydrogens is 300 g/mol. The number of sulfonamides is 1. The predicted octanol–water partition coefficient (Wildman–Crippen LogP) is 1.63. The molecule has 0 amide bonds. The Balaban J connectivity index is 2.22. The molecule has 6 nitrogen and oxygen atoms in total. The first-order valence-corrected chi connectivity index (χ1v) is 7.99. The smallest absolute Gasteiger partial charge is 0.347 e. The third-order valence-electron chi connectivity index (χ3n) is 2.66. The van der Waals surface area contributed by atoms with Crippen molar-refractivity contribution in [3.63, 3.8) is 0 Å². The van der Waals surface area contributed by atoms with Crippen LogP contribution in [0.3, 0.4) is 0 Å². The van der Waals surface area contributed by atoms with Crippen LogP contribution in [-0.4, -0.2) is 24.5 Å². The van der Waals surface area contributed by atoms with Crippen LogP contribution in [0.15, 0.2) is 34.7 Å². The second-order valence-electron chi connectivity index (χ2n) is 4.01. The van der Waals surface area contributed by atoms with E-state index in [1.54, 1.807) is 12.3 Å². The number of aromatic nitrogens is 1. The minimum absolute atomic E-state index is 0.0178. The van der Waals surface area contributed by atoms with E-state index in [-0.39, 0.29) is 16.3 Å². The van der Waals surface area contributed by atoms with Gasteiger partial charge in [0.1, 0.15) is 9.77 Å². The molecule has 0 aliphatic carbocycles. The molecule has 106 valence electrons. The molecule has 20 heavy (non-hydrogen) atoms. The molecule has 0 saturated carbocycles. The van der Waals surface area contributed by atoms with Gasteiger partial charge in [-0.3, -0.25) is 4.98 Å². The second kappa shape index (κ2) is 5.70. The Morgan fingerprint density at radius 3 is 2.85 bits per heavy atom. The number of pyridine rings is 1. The summed E-state index contributed by atoms with van der Waals surface area (Å²) < 4.78 is 26.6. The van der Waals surface area contributed by atoms with E-state index in [9.17, 15) is 13.2 Å². The standard InChI is InChI=1S/C12H12N2O4S2/c1-8-3-2-5-13-9(8)7-14-20(17,18)10-4-6-19-11(10)12(15)16/h2-6,14H,7H2,1H3,(H,15,16). The Morgan fingerprint density at radius 1 is 1.45 bits per heavy atom. The van der Waals surface area contributed by atoms with E-state index in [1.807, 2.05) is 13.0 Å². The highest BCUT2D eigenvalue weighted by Crippen LogP contribution is 2.22. The van der Waals surface area contributed by atoms with E-state index in [4.69, 9.17) is 5.11 Å². The SMILES string of the molecule is Cc1cccnc1CNS(=O)(=O)c1ccsc1C(=O)O. The fraction of sp³-hybridized carbons (Fsp3) is 0.167. The van der Waals surface area contributed by atoms with Gasteiger partial charge in [0.25, 0.3) is 0 Å². The quantitative estimate of drug-likeness (QED) is 0.874. The molecule has 0 bridgehead atoms. The summed E-state index contributed by atoms with van der Waals surface area (Å²) in [5.41, 5.74) is 1.46. The lowest BCUT2D eigenvalue weighted by Gasteiger charge is -2.07. The average Bonchev–Trinajstić information content (AvgIpc) is 2.88. The number of carboxylic acid groups (broad SMARTS) is 1. The van der Waals surface area contributed by atoms with Gasteiger partial charge in [0.15, 0.2) is 0 Å². The zero-order valence-corrected chi connectivity index (χ0v) is 12.2. The predicted molar refractivity (Wildman–Crippen MR) is 74.3 cm³/mol. The number of thiophene rings is 1. The Morgan fingerprint density at radius 2 is 2.20 bits per heavy atom. The van der Waals surface area contributed by atoms with Crippen LogP contribution in [0.2, 0.25) is 0 Å². The number of aromatic carboxylic acids is 1. The molecular formula is C12H12N2O4S2. The van der Waals surface area contributed by atoms with Crippen LogP contribution >= 0.6 is 11.3 Å². The fourth-order valence-corrected chi connectivity index (χ4v) is 3.86. The van der Waals surface area contributed by atoms with Gasteiger partial charge in [-0.15, -0.1) is 11.3 Å². The highest BCUT2D eigenvalue weighted by atomic mass is 32.2. The van der Waals surface area contributed by atoms with Gasteiger partial charge < -0.3 is 5.11 Å². The first-order chi connectivity index (χ1) is 9.42. The lowest BCUT2D eigenvalue weighted by Crippen LogP contribution is -2.25. The van der Waals surface area contributed by atoms with E-state index >= 15 is 0 Å². The van der Waals surface area contributed by atoms with Crippen LogP contribution in [0.5, 0.6) is 0 Å². The fourth-order valence-electron chi connectivity index (χ4n) is 1.61. The van der Waals surface area contributed by atoms with Crippen molar-refractivity contribution in [2.45, 2.75) is 18.4 Å². The summed E-state index contributed by atoms with van der Waals surface area (Å²) in [6.45, 7) is 1.84. The summed E-state index contributed by atoms with van der Waals surface area (Å²) in [5, 5.41) is 10.4. The van der Waals surface area contributed by atoms with Crippen molar-refractivity contribution in [1.82, 2.24) is 9.71 Å². The third kappa shape index (κ3) is 3.03. The largest absolute Gasteiger partial charge is 0.477 e. The van der Waals surface area contributed by atoms with Gasteiger partial charge in [-0.2, -0.15) is 0 Å². The summed E-state index contributed by atoms with van der Waals surface area (Å²) in [6.07, 6.45) is 1.57. The van der Waals surface area contributed by atoms with Crippen molar-refractivity contribution >= 4 is 27.3 Å². The van der Waals surface area contributed by atoms with E-state index in [0.29, 0.717) is 5.69 Å². The maximum atomic E-state index is 12.1. The lowest BCUT2D eigenvalue weighted by atomic mass is 10.2. The molecule has 0 unspecified atom stereocenters. The molecule has 0 fully saturated rings. The number of nitrogens with zero attached hydrogens (tertiary/aromatic N) is 1.